The van der Waals surface area contributed by atoms with E-state index in [2.05, 4.69) is 4.90 Å². The highest BCUT2D eigenvalue weighted by atomic mass is 35.5. The van der Waals surface area contributed by atoms with Crippen LogP contribution in [0.1, 0.15) is 31.7 Å². The topological polar surface area (TPSA) is 23.5 Å². The SMILES string of the molecule is CC1(O)CCCN(Cc2cc(Cl)ccc2F)CC1. The van der Waals surface area contributed by atoms with Gasteiger partial charge in [0, 0.05) is 23.7 Å². The third-order valence-corrected chi connectivity index (χ3v) is 3.79. The maximum absolute atomic E-state index is 13.6. The van der Waals surface area contributed by atoms with E-state index in [9.17, 15) is 9.50 Å². The van der Waals surface area contributed by atoms with Crippen molar-refractivity contribution in [2.24, 2.45) is 0 Å². The Balaban J connectivity index is 2.03. The Morgan fingerprint density at radius 1 is 1.39 bits per heavy atom. The number of halogens is 2. The minimum absolute atomic E-state index is 0.213. The molecule has 1 atom stereocenters. The molecule has 1 aliphatic heterocycles. The van der Waals surface area contributed by atoms with Crippen molar-refractivity contribution in [3.63, 3.8) is 0 Å². The van der Waals surface area contributed by atoms with Gasteiger partial charge >= 0.3 is 0 Å². The van der Waals surface area contributed by atoms with E-state index in [0.717, 1.165) is 32.4 Å². The van der Waals surface area contributed by atoms with Crippen LogP contribution in [0.2, 0.25) is 5.02 Å². The second-order valence-electron chi connectivity index (χ2n) is 5.36. The van der Waals surface area contributed by atoms with E-state index in [4.69, 9.17) is 11.6 Å². The molecule has 1 aliphatic rings. The summed E-state index contributed by atoms with van der Waals surface area (Å²) in [5.41, 5.74) is 0.0470. The predicted molar refractivity (Wildman–Crippen MR) is 71.2 cm³/mol. The van der Waals surface area contributed by atoms with Gasteiger partial charge in [0.1, 0.15) is 5.82 Å². The van der Waals surface area contributed by atoms with Crippen molar-refractivity contribution in [1.82, 2.24) is 4.90 Å². The monoisotopic (exact) mass is 271 g/mol. The average Bonchev–Trinajstić information content (AvgIpc) is 2.46. The molecule has 1 aromatic rings. The molecule has 0 radical (unpaired) electrons. The summed E-state index contributed by atoms with van der Waals surface area (Å²) >= 11 is 5.89. The molecular formula is C14H19ClFNO. The molecule has 1 fully saturated rings. The Kier molecular flexibility index (Phi) is 4.25. The van der Waals surface area contributed by atoms with E-state index in [-0.39, 0.29) is 5.82 Å². The molecule has 0 saturated carbocycles. The fourth-order valence-electron chi connectivity index (χ4n) is 2.38. The minimum Gasteiger partial charge on any atom is -0.390 e. The predicted octanol–water partition coefficient (Wildman–Crippen LogP) is 3.22. The summed E-state index contributed by atoms with van der Waals surface area (Å²) in [6.07, 6.45) is 2.48. The number of hydrogen-bond donors (Lipinski definition) is 1. The second-order valence-corrected chi connectivity index (χ2v) is 5.80. The van der Waals surface area contributed by atoms with Crippen molar-refractivity contribution >= 4 is 11.6 Å². The van der Waals surface area contributed by atoms with Gasteiger partial charge in [-0.25, -0.2) is 4.39 Å². The first kappa shape index (κ1) is 13.8. The van der Waals surface area contributed by atoms with Crippen LogP contribution in [0, 0.1) is 5.82 Å². The highest BCUT2D eigenvalue weighted by Gasteiger charge is 2.25. The molecule has 1 heterocycles. The number of benzene rings is 1. The fourth-order valence-corrected chi connectivity index (χ4v) is 2.58. The molecule has 100 valence electrons. The molecule has 0 bridgehead atoms. The van der Waals surface area contributed by atoms with Crippen LogP contribution in [0.5, 0.6) is 0 Å². The van der Waals surface area contributed by atoms with E-state index in [0.29, 0.717) is 17.1 Å². The molecule has 1 saturated heterocycles. The van der Waals surface area contributed by atoms with Crippen LogP contribution >= 0.6 is 11.6 Å². The standard InChI is InChI=1S/C14H19ClFNO/c1-14(18)5-2-7-17(8-6-14)10-11-9-12(15)3-4-13(11)16/h3-4,9,18H,2,5-8,10H2,1H3. The number of likely N-dealkylation sites (tertiary alicyclic amines) is 1. The van der Waals surface area contributed by atoms with Crippen LogP contribution in [-0.4, -0.2) is 28.7 Å². The number of rotatable bonds is 2. The smallest absolute Gasteiger partial charge is 0.127 e. The van der Waals surface area contributed by atoms with Crippen LogP contribution in [0.4, 0.5) is 4.39 Å². The first-order chi connectivity index (χ1) is 8.46. The summed E-state index contributed by atoms with van der Waals surface area (Å²) in [5, 5.41) is 10.6. The summed E-state index contributed by atoms with van der Waals surface area (Å²) in [6, 6.07) is 4.65. The van der Waals surface area contributed by atoms with Crippen molar-refractivity contribution in [1.29, 1.82) is 0 Å². The van der Waals surface area contributed by atoms with Gasteiger partial charge < -0.3 is 5.11 Å². The molecular weight excluding hydrogens is 253 g/mol. The zero-order valence-electron chi connectivity index (χ0n) is 10.6. The van der Waals surface area contributed by atoms with Gasteiger partial charge in [0.2, 0.25) is 0 Å². The quantitative estimate of drug-likeness (QED) is 0.893. The Labute approximate surface area is 112 Å². The van der Waals surface area contributed by atoms with Crippen LogP contribution in [0.15, 0.2) is 18.2 Å². The Bertz CT molecular complexity index is 422. The third-order valence-electron chi connectivity index (χ3n) is 3.56. The lowest BCUT2D eigenvalue weighted by Gasteiger charge is -2.22. The van der Waals surface area contributed by atoms with E-state index in [1.807, 2.05) is 6.92 Å². The van der Waals surface area contributed by atoms with Crippen molar-refractivity contribution in [2.75, 3.05) is 13.1 Å². The largest absolute Gasteiger partial charge is 0.390 e. The molecule has 2 rings (SSSR count). The van der Waals surface area contributed by atoms with Crippen LogP contribution in [0.3, 0.4) is 0 Å². The zero-order valence-corrected chi connectivity index (χ0v) is 11.4. The highest BCUT2D eigenvalue weighted by molar-refractivity contribution is 6.30. The highest BCUT2D eigenvalue weighted by Crippen LogP contribution is 2.23. The molecule has 1 unspecified atom stereocenters. The first-order valence-electron chi connectivity index (χ1n) is 6.35. The van der Waals surface area contributed by atoms with Gasteiger partial charge in [0.25, 0.3) is 0 Å². The molecule has 0 amide bonds. The lowest BCUT2D eigenvalue weighted by Crippen LogP contribution is -2.28. The zero-order chi connectivity index (χ0) is 13.2. The van der Waals surface area contributed by atoms with Gasteiger partial charge in [-0.15, -0.1) is 0 Å². The van der Waals surface area contributed by atoms with Gasteiger partial charge in [0.05, 0.1) is 5.60 Å². The Hall–Kier alpha value is -0.640. The van der Waals surface area contributed by atoms with E-state index in [1.165, 1.54) is 6.07 Å². The summed E-state index contributed by atoms with van der Waals surface area (Å²) in [7, 11) is 0. The van der Waals surface area contributed by atoms with E-state index in [1.54, 1.807) is 12.1 Å². The van der Waals surface area contributed by atoms with Crippen LogP contribution in [0.25, 0.3) is 0 Å². The van der Waals surface area contributed by atoms with Gasteiger partial charge in [-0.3, -0.25) is 4.90 Å². The minimum atomic E-state index is -0.582. The van der Waals surface area contributed by atoms with Crippen molar-refractivity contribution in [3.05, 3.63) is 34.6 Å². The van der Waals surface area contributed by atoms with Crippen LogP contribution in [-0.2, 0) is 6.54 Å². The van der Waals surface area contributed by atoms with Crippen molar-refractivity contribution in [3.8, 4) is 0 Å². The average molecular weight is 272 g/mol. The van der Waals surface area contributed by atoms with Crippen molar-refractivity contribution in [2.45, 2.75) is 38.3 Å². The Morgan fingerprint density at radius 3 is 2.94 bits per heavy atom. The summed E-state index contributed by atoms with van der Waals surface area (Å²) in [4.78, 5) is 2.18. The lowest BCUT2D eigenvalue weighted by molar-refractivity contribution is 0.0444. The molecule has 2 nitrogen and oxygen atoms in total. The second kappa shape index (κ2) is 5.55. The number of aliphatic hydroxyl groups is 1. The molecule has 1 N–H and O–H groups in total. The van der Waals surface area contributed by atoms with Gasteiger partial charge in [0.15, 0.2) is 0 Å². The molecule has 0 aliphatic carbocycles. The summed E-state index contributed by atoms with van der Waals surface area (Å²) in [5.74, 6) is -0.213. The van der Waals surface area contributed by atoms with Gasteiger partial charge in [-0.05, 0) is 50.9 Å². The molecule has 0 spiro atoms. The summed E-state index contributed by atoms with van der Waals surface area (Å²) in [6.45, 7) is 4.11. The maximum Gasteiger partial charge on any atom is 0.127 e. The van der Waals surface area contributed by atoms with E-state index < -0.39 is 5.60 Å². The van der Waals surface area contributed by atoms with Gasteiger partial charge in [-0.2, -0.15) is 0 Å². The van der Waals surface area contributed by atoms with Crippen molar-refractivity contribution < 1.29 is 9.50 Å². The first-order valence-corrected chi connectivity index (χ1v) is 6.73. The Morgan fingerprint density at radius 2 is 2.17 bits per heavy atom. The van der Waals surface area contributed by atoms with Crippen LogP contribution < -0.4 is 0 Å². The molecule has 4 heteroatoms. The normalized spacial score (nSPS) is 26.0. The van der Waals surface area contributed by atoms with E-state index >= 15 is 0 Å². The molecule has 1 aromatic carbocycles. The fraction of sp³-hybridized carbons (Fsp3) is 0.571. The van der Waals surface area contributed by atoms with Gasteiger partial charge in [-0.1, -0.05) is 11.6 Å². The molecule has 0 aromatic heterocycles. The lowest BCUT2D eigenvalue weighted by atomic mass is 9.98. The maximum atomic E-state index is 13.6. The summed E-state index contributed by atoms with van der Waals surface area (Å²) < 4.78 is 13.6. The number of nitrogens with zero attached hydrogens (tertiary/aromatic N) is 1. The number of hydrogen-bond acceptors (Lipinski definition) is 2. The third kappa shape index (κ3) is 3.67. The molecule has 18 heavy (non-hydrogen) atoms.